The summed E-state index contributed by atoms with van der Waals surface area (Å²) in [7, 11) is 0. The number of ether oxygens (including phenoxy) is 1. The van der Waals surface area contributed by atoms with Gasteiger partial charge in [0.1, 0.15) is 5.75 Å². The van der Waals surface area contributed by atoms with Gasteiger partial charge in [0.05, 0.1) is 4.47 Å². The standard InChI is InChI=1S/C12H9Br3N2O/c13-8-1-2-11(10(15)4-8)18-12-7(5-16)3-9(14)6-17-12/h1-4,6H,5,16H2. The SMILES string of the molecule is NCc1cc(Br)cnc1Oc1ccc(Br)cc1Br. The second-order valence-corrected chi connectivity index (χ2v) is 6.18. The lowest BCUT2D eigenvalue weighted by molar-refractivity contribution is 0.453. The van der Waals surface area contributed by atoms with Crippen molar-refractivity contribution in [3.63, 3.8) is 0 Å². The van der Waals surface area contributed by atoms with E-state index < -0.39 is 0 Å². The van der Waals surface area contributed by atoms with Crippen LogP contribution < -0.4 is 10.5 Å². The van der Waals surface area contributed by atoms with E-state index in [4.69, 9.17) is 10.5 Å². The number of rotatable bonds is 3. The number of hydrogen-bond acceptors (Lipinski definition) is 3. The minimum absolute atomic E-state index is 0.371. The van der Waals surface area contributed by atoms with Crippen molar-refractivity contribution >= 4 is 47.8 Å². The molecule has 0 radical (unpaired) electrons. The summed E-state index contributed by atoms with van der Waals surface area (Å²) in [6.07, 6.45) is 1.68. The maximum Gasteiger partial charge on any atom is 0.223 e. The smallest absolute Gasteiger partial charge is 0.223 e. The molecule has 6 heteroatoms. The maximum absolute atomic E-state index is 5.76. The van der Waals surface area contributed by atoms with Gasteiger partial charge in [-0.25, -0.2) is 4.98 Å². The third-order valence-corrected chi connectivity index (χ3v) is 3.76. The van der Waals surface area contributed by atoms with Crippen LogP contribution in [-0.4, -0.2) is 4.98 Å². The fraction of sp³-hybridized carbons (Fsp3) is 0.0833. The minimum Gasteiger partial charge on any atom is -0.438 e. The van der Waals surface area contributed by atoms with Crippen LogP contribution in [0.15, 0.2) is 43.9 Å². The van der Waals surface area contributed by atoms with Gasteiger partial charge in [0.25, 0.3) is 0 Å². The second-order valence-electron chi connectivity index (χ2n) is 3.50. The van der Waals surface area contributed by atoms with Crippen LogP contribution in [0.4, 0.5) is 0 Å². The van der Waals surface area contributed by atoms with Crippen LogP contribution in [0.3, 0.4) is 0 Å². The second kappa shape index (κ2) is 6.14. The molecule has 0 aliphatic heterocycles. The molecule has 0 saturated carbocycles. The van der Waals surface area contributed by atoms with Gasteiger partial charge in [-0.05, 0) is 56.1 Å². The van der Waals surface area contributed by atoms with E-state index in [1.54, 1.807) is 6.20 Å². The van der Waals surface area contributed by atoms with Crippen LogP contribution in [0, 0.1) is 0 Å². The molecule has 0 bridgehead atoms. The summed E-state index contributed by atoms with van der Waals surface area (Å²) in [6, 6.07) is 7.57. The third-order valence-electron chi connectivity index (χ3n) is 2.21. The largest absolute Gasteiger partial charge is 0.438 e. The van der Waals surface area contributed by atoms with Crippen LogP contribution in [0.2, 0.25) is 0 Å². The molecular formula is C12H9Br3N2O. The van der Waals surface area contributed by atoms with Crippen molar-refractivity contribution in [3.8, 4) is 11.6 Å². The summed E-state index contributed by atoms with van der Waals surface area (Å²) >= 11 is 10.2. The molecule has 0 aliphatic carbocycles. The van der Waals surface area contributed by atoms with Gasteiger partial charge in [-0.1, -0.05) is 15.9 Å². The van der Waals surface area contributed by atoms with Crippen molar-refractivity contribution in [1.82, 2.24) is 4.98 Å². The molecule has 0 aliphatic rings. The van der Waals surface area contributed by atoms with E-state index in [0.717, 1.165) is 19.0 Å². The Bertz CT molecular complexity index is 575. The van der Waals surface area contributed by atoms with Crippen LogP contribution in [0.5, 0.6) is 11.6 Å². The van der Waals surface area contributed by atoms with E-state index in [1.165, 1.54) is 0 Å². The monoisotopic (exact) mass is 434 g/mol. The van der Waals surface area contributed by atoms with E-state index in [-0.39, 0.29) is 0 Å². The summed E-state index contributed by atoms with van der Waals surface area (Å²) in [5.41, 5.74) is 6.52. The molecule has 1 aromatic carbocycles. The highest BCUT2D eigenvalue weighted by molar-refractivity contribution is 9.11. The van der Waals surface area contributed by atoms with Gasteiger partial charge in [-0.2, -0.15) is 0 Å². The number of halogens is 3. The minimum atomic E-state index is 0.371. The molecule has 2 aromatic rings. The number of aromatic nitrogens is 1. The Labute approximate surface area is 130 Å². The Morgan fingerprint density at radius 1 is 1.11 bits per heavy atom. The van der Waals surface area contributed by atoms with Crippen molar-refractivity contribution in [2.45, 2.75) is 6.54 Å². The summed E-state index contributed by atoms with van der Waals surface area (Å²) in [4.78, 5) is 4.23. The summed E-state index contributed by atoms with van der Waals surface area (Å²) in [5.74, 6) is 1.21. The van der Waals surface area contributed by atoms with Gasteiger partial charge in [-0.3, -0.25) is 0 Å². The van der Waals surface area contributed by atoms with Crippen molar-refractivity contribution in [3.05, 3.63) is 49.4 Å². The highest BCUT2D eigenvalue weighted by atomic mass is 79.9. The van der Waals surface area contributed by atoms with Gasteiger partial charge in [0.2, 0.25) is 5.88 Å². The van der Waals surface area contributed by atoms with Gasteiger partial charge in [-0.15, -0.1) is 0 Å². The highest BCUT2D eigenvalue weighted by Gasteiger charge is 2.09. The van der Waals surface area contributed by atoms with Crippen LogP contribution in [-0.2, 0) is 6.54 Å². The molecule has 2 rings (SSSR count). The zero-order chi connectivity index (χ0) is 13.1. The third kappa shape index (κ3) is 3.32. The van der Waals surface area contributed by atoms with E-state index in [2.05, 4.69) is 52.8 Å². The van der Waals surface area contributed by atoms with Crippen LogP contribution in [0.1, 0.15) is 5.56 Å². The van der Waals surface area contributed by atoms with Crippen molar-refractivity contribution in [1.29, 1.82) is 0 Å². The first-order valence-corrected chi connectivity index (χ1v) is 7.45. The van der Waals surface area contributed by atoms with E-state index in [1.807, 2.05) is 24.3 Å². The van der Waals surface area contributed by atoms with Crippen molar-refractivity contribution in [2.24, 2.45) is 5.73 Å². The average Bonchev–Trinajstić information content (AvgIpc) is 2.34. The molecule has 0 fully saturated rings. The molecule has 0 spiro atoms. The van der Waals surface area contributed by atoms with E-state index in [9.17, 15) is 0 Å². The Hall–Kier alpha value is -0.430. The number of hydrogen-bond donors (Lipinski definition) is 1. The summed E-state index contributed by atoms with van der Waals surface area (Å²) in [6.45, 7) is 0.371. The Morgan fingerprint density at radius 2 is 1.89 bits per heavy atom. The molecule has 94 valence electrons. The lowest BCUT2D eigenvalue weighted by Crippen LogP contribution is -2.01. The maximum atomic E-state index is 5.76. The predicted octanol–water partition coefficient (Wildman–Crippen LogP) is 4.62. The van der Waals surface area contributed by atoms with Crippen LogP contribution in [0.25, 0.3) is 0 Å². The quantitative estimate of drug-likeness (QED) is 0.763. The zero-order valence-corrected chi connectivity index (χ0v) is 13.9. The fourth-order valence-electron chi connectivity index (χ4n) is 1.37. The van der Waals surface area contributed by atoms with E-state index >= 15 is 0 Å². The Kier molecular flexibility index (Phi) is 4.77. The van der Waals surface area contributed by atoms with Gasteiger partial charge in [0, 0.05) is 27.3 Å². The number of benzene rings is 1. The normalized spacial score (nSPS) is 10.4. The molecule has 0 amide bonds. The fourth-order valence-corrected chi connectivity index (χ4v) is 2.88. The Morgan fingerprint density at radius 3 is 2.56 bits per heavy atom. The first kappa shape index (κ1) is 14.0. The number of nitrogens with two attached hydrogens (primary N) is 1. The molecule has 2 N–H and O–H groups in total. The molecule has 0 saturated heterocycles. The molecule has 18 heavy (non-hydrogen) atoms. The molecule has 0 atom stereocenters. The molecule has 3 nitrogen and oxygen atoms in total. The average molecular weight is 437 g/mol. The van der Waals surface area contributed by atoms with Crippen molar-refractivity contribution in [2.75, 3.05) is 0 Å². The van der Waals surface area contributed by atoms with Gasteiger partial charge in [0.15, 0.2) is 0 Å². The summed E-state index contributed by atoms with van der Waals surface area (Å²) in [5, 5.41) is 0. The molecule has 1 aromatic heterocycles. The lowest BCUT2D eigenvalue weighted by atomic mass is 10.3. The highest BCUT2D eigenvalue weighted by Crippen LogP contribution is 2.32. The molecule has 0 unspecified atom stereocenters. The van der Waals surface area contributed by atoms with E-state index in [0.29, 0.717) is 18.2 Å². The topological polar surface area (TPSA) is 48.1 Å². The summed E-state index contributed by atoms with van der Waals surface area (Å²) < 4.78 is 8.47. The molecular weight excluding hydrogens is 428 g/mol. The Balaban J connectivity index is 2.33. The molecule has 1 heterocycles. The van der Waals surface area contributed by atoms with Gasteiger partial charge < -0.3 is 10.5 Å². The number of pyridine rings is 1. The lowest BCUT2D eigenvalue weighted by Gasteiger charge is -2.10. The first-order valence-electron chi connectivity index (χ1n) is 5.07. The van der Waals surface area contributed by atoms with Gasteiger partial charge >= 0.3 is 0 Å². The first-order chi connectivity index (χ1) is 8.60. The zero-order valence-electron chi connectivity index (χ0n) is 9.16. The van der Waals surface area contributed by atoms with Crippen LogP contribution >= 0.6 is 47.8 Å². The predicted molar refractivity (Wildman–Crippen MR) is 81.7 cm³/mol. The van der Waals surface area contributed by atoms with Crippen molar-refractivity contribution < 1.29 is 4.74 Å². The number of nitrogens with zero attached hydrogens (tertiary/aromatic N) is 1.